The number of esters is 1. The number of rotatable bonds is 1. The van der Waals surface area contributed by atoms with Gasteiger partial charge in [0.1, 0.15) is 0 Å². The second-order valence-electron chi connectivity index (χ2n) is 4.21. The zero-order valence-electron chi connectivity index (χ0n) is 9.89. The summed E-state index contributed by atoms with van der Waals surface area (Å²) in [6.45, 7) is 1.31. The van der Waals surface area contributed by atoms with E-state index in [2.05, 4.69) is 0 Å². The molecule has 2 rings (SSSR count). The maximum Gasteiger partial charge on any atom is 0.417 e. The highest BCUT2D eigenvalue weighted by Crippen LogP contribution is 2.14. The van der Waals surface area contributed by atoms with Crippen LogP contribution in [-0.2, 0) is 4.74 Å². The van der Waals surface area contributed by atoms with E-state index in [4.69, 9.17) is 16.3 Å². The molecule has 1 fully saturated rings. The number of halogens is 1. The molecule has 0 radical (unpaired) electrons. The summed E-state index contributed by atoms with van der Waals surface area (Å²) < 4.78 is 4.82. The van der Waals surface area contributed by atoms with Crippen molar-refractivity contribution in [3.05, 3.63) is 34.9 Å². The van der Waals surface area contributed by atoms with Crippen molar-refractivity contribution in [3.63, 3.8) is 0 Å². The van der Waals surface area contributed by atoms with Crippen LogP contribution in [0, 0.1) is 0 Å². The van der Waals surface area contributed by atoms with E-state index >= 15 is 0 Å². The normalized spacial score (nSPS) is 15.3. The van der Waals surface area contributed by atoms with Crippen molar-refractivity contribution in [3.8, 4) is 0 Å². The van der Waals surface area contributed by atoms with E-state index in [0.717, 1.165) is 19.3 Å². The highest BCUT2D eigenvalue weighted by atomic mass is 35.5. The molecule has 5 heteroatoms. The van der Waals surface area contributed by atoms with Crippen molar-refractivity contribution in [2.75, 3.05) is 13.1 Å². The number of carbonyl (C=O) groups excluding carboxylic acids is 2. The number of hydrogen-bond donors (Lipinski definition) is 0. The van der Waals surface area contributed by atoms with E-state index in [1.165, 1.54) is 6.07 Å². The third kappa shape index (κ3) is 3.23. The molecule has 0 atom stereocenters. The molecule has 18 heavy (non-hydrogen) atoms. The third-order valence-corrected chi connectivity index (χ3v) is 3.09. The first-order chi connectivity index (χ1) is 8.66. The molecule has 0 N–H and O–H groups in total. The summed E-state index contributed by atoms with van der Waals surface area (Å²) in [7, 11) is 0. The molecule has 1 aromatic carbocycles. The molecule has 1 heterocycles. The summed E-state index contributed by atoms with van der Waals surface area (Å²) in [4.78, 5) is 25.0. The van der Waals surface area contributed by atoms with Crippen molar-refractivity contribution >= 4 is 23.7 Å². The van der Waals surface area contributed by atoms with Crippen LogP contribution in [0.25, 0.3) is 0 Å². The van der Waals surface area contributed by atoms with Gasteiger partial charge in [-0.2, -0.15) is 0 Å². The number of carbonyl (C=O) groups is 2. The van der Waals surface area contributed by atoms with Gasteiger partial charge in [0.05, 0.1) is 5.56 Å². The van der Waals surface area contributed by atoms with Gasteiger partial charge in [-0.15, -0.1) is 0 Å². The molecule has 1 aliphatic rings. The minimum atomic E-state index is -0.659. The highest BCUT2D eigenvalue weighted by molar-refractivity contribution is 6.30. The fraction of sp³-hybridized carbons (Fsp3) is 0.385. The quantitative estimate of drug-likeness (QED) is 0.580. The van der Waals surface area contributed by atoms with E-state index in [1.807, 2.05) is 0 Å². The van der Waals surface area contributed by atoms with Crippen molar-refractivity contribution < 1.29 is 14.3 Å². The van der Waals surface area contributed by atoms with Crippen LogP contribution in [0.4, 0.5) is 4.79 Å². The van der Waals surface area contributed by atoms with Gasteiger partial charge in [-0.25, -0.2) is 9.59 Å². The molecule has 1 amide bonds. The summed E-state index contributed by atoms with van der Waals surface area (Å²) in [6, 6.07) is 6.35. The van der Waals surface area contributed by atoms with Crippen molar-refractivity contribution in [1.29, 1.82) is 0 Å². The fourth-order valence-electron chi connectivity index (χ4n) is 1.89. The lowest BCUT2D eigenvalue weighted by Gasteiger charge is -2.25. The third-order valence-electron chi connectivity index (χ3n) is 2.85. The molecule has 96 valence electrons. The van der Waals surface area contributed by atoms with Crippen LogP contribution in [0.1, 0.15) is 29.6 Å². The maximum absolute atomic E-state index is 11.7. The predicted molar refractivity (Wildman–Crippen MR) is 67.7 cm³/mol. The summed E-state index contributed by atoms with van der Waals surface area (Å²) in [6.07, 6.45) is 2.46. The number of benzene rings is 1. The lowest BCUT2D eigenvalue weighted by atomic mass is 10.1. The molecule has 0 saturated carbocycles. The minimum Gasteiger partial charge on any atom is -0.372 e. The van der Waals surface area contributed by atoms with Gasteiger partial charge in [-0.05, 0) is 37.5 Å². The molecule has 0 bridgehead atoms. The standard InChI is InChI=1S/C13H14ClNO3/c14-11-6-4-5-10(9-11)12(16)18-13(17)15-7-2-1-3-8-15/h4-6,9H,1-3,7-8H2. The van der Waals surface area contributed by atoms with Crippen molar-refractivity contribution in [1.82, 2.24) is 4.90 Å². The second kappa shape index (κ2) is 5.87. The topological polar surface area (TPSA) is 46.6 Å². The minimum absolute atomic E-state index is 0.285. The van der Waals surface area contributed by atoms with Crippen LogP contribution in [0.3, 0.4) is 0 Å². The van der Waals surface area contributed by atoms with E-state index < -0.39 is 12.1 Å². The summed E-state index contributed by atoms with van der Waals surface area (Å²) in [5.41, 5.74) is 0.285. The predicted octanol–water partition coefficient (Wildman–Crippen LogP) is 3.10. The Hall–Kier alpha value is -1.55. The molecular formula is C13H14ClNO3. The second-order valence-corrected chi connectivity index (χ2v) is 4.65. The molecule has 1 aliphatic heterocycles. The zero-order chi connectivity index (χ0) is 13.0. The first-order valence-electron chi connectivity index (χ1n) is 5.93. The van der Waals surface area contributed by atoms with E-state index in [1.54, 1.807) is 23.1 Å². The Morgan fingerprint density at radius 3 is 2.56 bits per heavy atom. The van der Waals surface area contributed by atoms with Crippen LogP contribution >= 0.6 is 11.6 Å². The number of likely N-dealkylation sites (tertiary alicyclic amines) is 1. The Kier molecular flexibility index (Phi) is 4.20. The Balaban J connectivity index is 1.96. The largest absolute Gasteiger partial charge is 0.417 e. The fourth-order valence-corrected chi connectivity index (χ4v) is 2.08. The first kappa shape index (κ1) is 12.9. The Morgan fingerprint density at radius 2 is 1.89 bits per heavy atom. The Bertz CT molecular complexity index is 455. The molecule has 4 nitrogen and oxygen atoms in total. The van der Waals surface area contributed by atoms with Gasteiger partial charge in [0.2, 0.25) is 0 Å². The van der Waals surface area contributed by atoms with Crippen LogP contribution in [0.2, 0.25) is 5.02 Å². The van der Waals surface area contributed by atoms with Crippen molar-refractivity contribution in [2.45, 2.75) is 19.3 Å². The molecular weight excluding hydrogens is 254 g/mol. The average molecular weight is 268 g/mol. The van der Waals surface area contributed by atoms with Crippen LogP contribution in [0.5, 0.6) is 0 Å². The molecule has 1 aromatic rings. The van der Waals surface area contributed by atoms with Gasteiger partial charge in [-0.1, -0.05) is 17.7 Å². The molecule has 0 aliphatic carbocycles. The van der Waals surface area contributed by atoms with Gasteiger partial charge < -0.3 is 9.64 Å². The molecule has 0 aromatic heterocycles. The number of piperidine rings is 1. The molecule has 0 spiro atoms. The van der Waals surface area contributed by atoms with Gasteiger partial charge in [0, 0.05) is 18.1 Å². The summed E-state index contributed by atoms with van der Waals surface area (Å²) >= 11 is 5.77. The summed E-state index contributed by atoms with van der Waals surface area (Å²) in [5.74, 6) is -0.659. The number of ether oxygens (including phenoxy) is 1. The van der Waals surface area contributed by atoms with E-state index in [-0.39, 0.29) is 5.56 Å². The first-order valence-corrected chi connectivity index (χ1v) is 6.31. The van der Waals surface area contributed by atoms with Crippen LogP contribution in [0.15, 0.2) is 24.3 Å². The van der Waals surface area contributed by atoms with Crippen LogP contribution < -0.4 is 0 Å². The van der Waals surface area contributed by atoms with Gasteiger partial charge >= 0.3 is 12.1 Å². The van der Waals surface area contributed by atoms with Gasteiger partial charge in [0.25, 0.3) is 0 Å². The highest BCUT2D eigenvalue weighted by Gasteiger charge is 2.21. The number of nitrogens with zero attached hydrogens (tertiary/aromatic N) is 1. The molecule has 1 saturated heterocycles. The van der Waals surface area contributed by atoms with E-state index in [9.17, 15) is 9.59 Å². The Morgan fingerprint density at radius 1 is 1.17 bits per heavy atom. The average Bonchev–Trinajstić information content (AvgIpc) is 2.39. The SMILES string of the molecule is O=C(OC(=O)N1CCCCC1)c1cccc(Cl)c1. The monoisotopic (exact) mass is 267 g/mol. The smallest absolute Gasteiger partial charge is 0.372 e. The zero-order valence-corrected chi connectivity index (χ0v) is 10.7. The van der Waals surface area contributed by atoms with Gasteiger partial charge in [0.15, 0.2) is 0 Å². The number of amides is 1. The van der Waals surface area contributed by atoms with E-state index in [0.29, 0.717) is 18.1 Å². The van der Waals surface area contributed by atoms with Gasteiger partial charge in [-0.3, -0.25) is 0 Å². The van der Waals surface area contributed by atoms with Crippen LogP contribution in [-0.4, -0.2) is 30.1 Å². The number of hydrogen-bond acceptors (Lipinski definition) is 3. The maximum atomic E-state index is 11.7. The molecule has 0 unspecified atom stereocenters. The lowest BCUT2D eigenvalue weighted by Crippen LogP contribution is -2.37. The Labute approximate surface area is 110 Å². The summed E-state index contributed by atoms with van der Waals surface area (Å²) in [5, 5.41) is 0.440. The van der Waals surface area contributed by atoms with Crippen molar-refractivity contribution in [2.24, 2.45) is 0 Å². The lowest BCUT2D eigenvalue weighted by molar-refractivity contribution is 0.0527.